The second kappa shape index (κ2) is 5.78. The molecule has 0 bridgehead atoms. The molecule has 1 aromatic heterocycles. The molecule has 1 N–H and O–H groups in total. The largest absolute Gasteiger partial charge is 0.859 e. The van der Waals surface area contributed by atoms with E-state index in [1.54, 1.807) is 48.5 Å². The van der Waals surface area contributed by atoms with Crippen molar-refractivity contribution in [3.8, 4) is 5.88 Å². The van der Waals surface area contributed by atoms with E-state index >= 15 is 0 Å². The molecule has 0 fully saturated rings. The van der Waals surface area contributed by atoms with Gasteiger partial charge < -0.3 is 15.0 Å². The molecule has 5 nitrogen and oxygen atoms in total. The number of benzene rings is 2. The Labute approximate surface area is 136 Å². The van der Waals surface area contributed by atoms with Crippen LogP contribution < -0.4 is 16.0 Å². The lowest BCUT2D eigenvalue weighted by atomic mass is 10.1. The van der Waals surface area contributed by atoms with Gasteiger partial charge in [-0.05, 0) is 36.2 Å². The molecule has 3 rings (SSSR count). The van der Waals surface area contributed by atoms with Gasteiger partial charge in [0.15, 0.2) is 0 Å². The summed E-state index contributed by atoms with van der Waals surface area (Å²) in [6.07, 6.45) is 0. The summed E-state index contributed by atoms with van der Waals surface area (Å²) in [4.78, 5) is 24.7. The fraction of sp³-hybridized carbons (Fsp3) is 0.0588. The molecule has 0 aliphatic carbocycles. The van der Waals surface area contributed by atoms with Gasteiger partial charge >= 0.3 is 0 Å². The third-order valence-corrected chi connectivity index (χ3v) is 3.83. The van der Waals surface area contributed by atoms with Gasteiger partial charge in [-0.1, -0.05) is 29.8 Å². The molecule has 1 heterocycles. The van der Waals surface area contributed by atoms with Crippen molar-refractivity contribution in [3.05, 3.63) is 69.5 Å². The van der Waals surface area contributed by atoms with Crippen molar-refractivity contribution in [2.45, 2.75) is 0 Å². The number of hydrogen-bond donors (Lipinski definition) is 1. The number of carbonyl (C=O) groups excluding carboxylic acids is 1. The van der Waals surface area contributed by atoms with Crippen LogP contribution >= 0.6 is 11.6 Å². The molecule has 0 aliphatic heterocycles. The van der Waals surface area contributed by atoms with Crippen LogP contribution in [0.2, 0.25) is 5.02 Å². The minimum absolute atomic E-state index is 0.0577. The maximum atomic E-state index is 12.5. The zero-order valence-corrected chi connectivity index (χ0v) is 12.9. The molecule has 0 aliphatic rings. The first-order valence-corrected chi connectivity index (χ1v) is 7.22. The number of anilines is 1. The monoisotopic (exact) mass is 327 g/mol. The van der Waals surface area contributed by atoms with Crippen molar-refractivity contribution < 1.29 is 9.90 Å². The minimum Gasteiger partial charge on any atom is -0.859 e. The van der Waals surface area contributed by atoms with E-state index in [1.807, 2.05) is 0 Å². The van der Waals surface area contributed by atoms with Gasteiger partial charge in [0.05, 0.1) is 5.56 Å². The third kappa shape index (κ3) is 2.66. The second-order valence-electron chi connectivity index (χ2n) is 5.05. The molecule has 1 amide bonds. The Morgan fingerprint density at radius 3 is 2.35 bits per heavy atom. The standard InChI is InChI=1S/C17H13ClN2O3/c1-20-16(22)13-5-3-2-4-12(13)14(17(20)23)15(21)19-11-8-6-10(18)7-9-11/h2-9,23H,1H3,(H,19,21)/p-1. The summed E-state index contributed by atoms with van der Waals surface area (Å²) in [6, 6.07) is 13.1. The Morgan fingerprint density at radius 2 is 1.70 bits per heavy atom. The number of rotatable bonds is 2. The first-order chi connectivity index (χ1) is 11.0. The van der Waals surface area contributed by atoms with Crippen LogP contribution in [0.4, 0.5) is 5.69 Å². The van der Waals surface area contributed by atoms with E-state index in [0.717, 1.165) is 4.57 Å². The predicted molar refractivity (Wildman–Crippen MR) is 88.0 cm³/mol. The van der Waals surface area contributed by atoms with Crippen LogP contribution in [0, 0.1) is 0 Å². The number of amides is 1. The van der Waals surface area contributed by atoms with Gasteiger partial charge in [-0.3, -0.25) is 9.59 Å². The number of hydrogen-bond acceptors (Lipinski definition) is 3. The molecule has 0 unspecified atom stereocenters. The highest BCUT2D eigenvalue weighted by Gasteiger charge is 2.15. The maximum absolute atomic E-state index is 12.5. The number of aromatic nitrogens is 1. The Bertz CT molecular complexity index is 962. The molecular formula is C17H12ClN2O3-. The Hall–Kier alpha value is -2.79. The quantitative estimate of drug-likeness (QED) is 0.786. The maximum Gasteiger partial charge on any atom is 0.257 e. The molecule has 0 radical (unpaired) electrons. The lowest BCUT2D eigenvalue weighted by Crippen LogP contribution is -2.26. The van der Waals surface area contributed by atoms with E-state index in [2.05, 4.69) is 5.32 Å². The van der Waals surface area contributed by atoms with Gasteiger partial charge in [-0.25, -0.2) is 0 Å². The van der Waals surface area contributed by atoms with Gasteiger partial charge in [0.2, 0.25) is 0 Å². The minimum atomic E-state index is -0.625. The topological polar surface area (TPSA) is 74.2 Å². The molecule has 6 heteroatoms. The van der Waals surface area contributed by atoms with Crippen LogP contribution in [-0.2, 0) is 7.05 Å². The summed E-state index contributed by atoms with van der Waals surface area (Å²) >= 11 is 5.81. The van der Waals surface area contributed by atoms with Crippen molar-refractivity contribution in [2.24, 2.45) is 7.05 Å². The number of fused-ring (bicyclic) bond motifs is 1. The van der Waals surface area contributed by atoms with Gasteiger partial charge in [-0.2, -0.15) is 0 Å². The van der Waals surface area contributed by atoms with Crippen LogP contribution in [0.1, 0.15) is 10.4 Å². The van der Waals surface area contributed by atoms with E-state index in [0.29, 0.717) is 21.5 Å². The molecule has 0 spiro atoms. The van der Waals surface area contributed by atoms with Gasteiger partial charge in [-0.15, -0.1) is 0 Å². The molecule has 3 aromatic rings. The smallest absolute Gasteiger partial charge is 0.257 e. The molecule has 0 saturated carbocycles. The molecular weight excluding hydrogens is 316 g/mol. The number of nitrogens with one attached hydrogen (secondary N) is 1. The fourth-order valence-corrected chi connectivity index (χ4v) is 2.52. The molecule has 0 saturated heterocycles. The predicted octanol–water partition coefficient (Wildman–Crippen LogP) is 2.52. The van der Waals surface area contributed by atoms with Gasteiger partial charge in [0.1, 0.15) is 0 Å². The number of carbonyl (C=O) groups is 1. The molecule has 2 aromatic carbocycles. The van der Waals surface area contributed by atoms with Crippen LogP contribution in [0.15, 0.2) is 53.3 Å². The van der Waals surface area contributed by atoms with E-state index in [9.17, 15) is 14.7 Å². The number of pyridine rings is 1. The highest BCUT2D eigenvalue weighted by Crippen LogP contribution is 2.23. The molecule has 116 valence electrons. The summed E-state index contributed by atoms with van der Waals surface area (Å²) in [7, 11) is 1.36. The summed E-state index contributed by atoms with van der Waals surface area (Å²) in [5.41, 5.74) is 0.0306. The summed E-state index contributed by atoms with van der Waals surface area (Å²) < 4.78 is 0.944. The summed E-state index contributed by atoms with van der Waals surface area (Å²) in [5, 5.41) is 16.2. The lowest BCUT2D eigenvalue weighted by Gasteiger charge is -2.20. The van der Waals surface area contributed by atoms with E-state index in [4.69, 9.17) is 11.6 Å². The first kappa shape index (κ1) is 15.1. The zero-order valence-electron chi connectivity index (χ0n) is 12.2. The van der Waals surface area contributed by atoms with Crippen molar-refractivity contribution in [2.75, 3.05) is 5.32 Å². The van der Waals surface area contributed by atoms with Crippen LogP contribution in [-0.4, -0.2) is 10.5 Å². The Kier molecular flexibility index (Phi) is 3.80. The van der Waals surface area contributed by atoms with Crippen LogP contribution in [0.25, 0.3) is 10.8 Å². The van der Waals surface area contributed by atoms with Crippen molar-refractivity contribution in [1.82, 2.24) is 4.57 Å². The average molecular weight is 328 g/mol. The molecule has 23 heavy (non-hydrogen) atoms. The van der Waals surface area contributed by atoms with E-state index in [-0.39, 0.29) is 5.56 Å². The zero-order chi connectivity index (χ0) is 16.6. The van der Waals surface area contributed by atoms with Crippen molar-refractivity contribution in [1.29, 1.82) is 0 Å². The fourth-order valence-electron chi connectivity index (χ4n) is 2.39. The lowest BCUT2D eigenvalue weighted by molar-refractivity contribution is -0.279. The summed E-state index contributed by atoms with van der Waals surface area (Å²) in [6.45, 7) is 0. The molecule has 0 atom stereocenters. The average Bonchev–Trinajstić information content (AvgIpc) is 2.55. The van der Waals surface area contributed by atoms with Crippen LogP contribution in [0.5, 0.6) is 5.88 Å². The van der Waals surface area contributed by atoms with Crippen molar-refractivity contribution in [3.63, 3.8) is 0 Å². The van der Waals surface area contributed by atoms with Gasteiger partial charge in [0.25, 0.3) is 11.5 Å². The third-order valence-electron chi connectivity index (χ3n) is 3.58. The summed E-state index contributed by atoms with van der Waals surface area (Å²) in [5.74, 6) is -1.19. The van der Waals surface area contributed by atoms with E-state index in [1.165, 1.54) is 7.05 Å². The highest BCUT2D eigenvalue weighted by molar-refractivity contribution is 6.30. The van der Waals surface area contributed by atoms with E-state index < -0.39 is 17.3 Å². The Balaban J connectivity index is 2.13. The van der Waals surface area contributed by atoms with Gasteiger partial charge in [0, 0.05) is 28.5 Å². The Morgan fingerprint density at radius 1 is 1.09 bits per heavy atom. The second-order valence-corrected chi connectivity index (χ2v) is 5.49. The van der Waals surface area contributed by atoms with Crippen LogP contribution in [0.3, 0.4) is 0 Å². The SMILES string of the molecule is Cn1c([O-])c(C(=O)Nc2ccc(Cl)cc2)c2ccccc2c1=O. The number of halogens is 1. The highest BCUT2D eigenvalue weighted by atomic mass is 35.5. The normalized spacial score (nSPS) is 10.7. The first-order valence-electron chi connectivity index (χ1n) is 6.84. The number of nitrogens with zero attached hydrogens (tertiary/aromatic N) is 1. The van der Waals surface area contributed by atoms with Crippen molar-refractivity contribution >= 4 is 34.0 Å².